The van der Waals surface area contributed by atoms with Gasteiger partial charge in [0.25, 0.3) is 0 Å². The summed E-state index contributed by atoms with van der Waals surface area (Å²) in [5, 5.41) is 21.6. The Balaban J connectivity index is 2.10. The lowest BCUT2D eigenvalue weighted by atomic mass is 9.64. The smallest absolute Gasteiger partial charge is 0.354 e. The highest BCUT2D eigenvalue weighted by molar-refractivity contribution is 5.85. The zero-order chi connectivity index (χ0) is 12.6. The molecule has 1 heterocycles. The number of carboxylic acid groups (broad SMARTS) is 1. The van der Waals surface area contributed by atoms with Crippen LogP contribution in [0.15, 0.2) is 18.2 Å². The summed E-state index contributed by atoms with van der Waals surface area (Å²) in [5.74, 6) is -0.503. The average molecular weight is 236 g/mol. The van der Waals surface area contributed by atoms with E-state index in [1.54, 1.807) is 12.1 Å². The number of hydrogen-bond acceptors (Lipinski definition) is 4. The van der Waals surface area contributed by atoms with Crippen LogP contribution in [-0.4, -0.2) is 33.3 Å². The first-order chi connectivity index (χ1) is 7.91. The van der Waals surface area contributed by atoms with Crippen molar-refractivity contribution in [1.29, 1.82) is 0 Å². The van der Waals surface area contributed by atoms with Gasteiger partial charge in [-0.15, -0.1) is 0 Å². The molecule has 0 aliphatic heterocycles. The molecule has 2 unspecified atom stereocenters. The largest absolute Gasteiger partial charge is 0.477 e. The highest BCUT2D eigenvalue weighted by Crippen LogP contribution is 2.41. The van der Waals surface area contributed by atoms with Gasteiger partial charge in [0.05, 0.1) is 6.10 Å². The highest BCUT2D eigenvalue weighted by atomic mass is 16.4. The van der Waals surface area contributed by atoms with Gasteiger partial charge < -0.3 is 15.5 Å². The Kier molecular flexibility index (Phi) is 2.79. The molecule has 1 aromatic heterocycles. The molecule has 5 nitrogen and oxygen atoms in total. The van der Waals surface area contributed by atoms with E-state index >= 15 is 0 Å². The number of aromatic nitrogens is 1. The van der Waals surface area contributed by atoms with Gasteiger partial charge in [0.2, 0.25) is 0 Å². The van der Waals surface area contributed by atoms with E-state index in [2.05, 4.69) is 10.3 Å². The molecular formula is C12H16N2O3. The van der Waals surface area contributed by atoms with Gasteiger partial charge in [-0.05, 0) is 18.6 Å². The van der Waals surface area contributed by atoms with Crippen molar-refractivity contribution < 1.29 is 15.0 Å². The number of carbonyl (C=O) groups is 1. The van der Waals surface area contributed by atoms with E-state index in [9.17, 15) is 9.90 Å². The molecule has 5 heteroatoms. The molecule has 2 rings (SSSR count). The first-order valence-electron chi connectivity index (χ1n) is 5.56. The number of hydrogen-bond donors (Lipinski definition) is 3. The summed E-state index contributed by atoms with van der Waals surface area (Å²) in [4.78, 5) is 14.8. The second-order valence-electron chi connectivity index (χ2n) is 4.98. The quantitative estimate of drug-likeness (QED) is 0.738. The van der Waals surface area contributed by atoms with E-state index in [-0.39, 0.29) is 23.3 Å². The maximum absolute atomic E-state index is 10.8. The number of nitrogens with one attached hydrogen (secondary N) is 1. The maximum atomic E-state index is 10.8. The van der Waals surface area contributed by atoms with Gasteiger partial charge in [-0.3, -0.25) is 0 Å². The van der Waals surface area contributed by atoms with Gasteiger partial charge in [0.1, 0.15) is 5.82 Å². The Hall–Kier alpha value is -1.62. The van der Waals surface area contributed by atoms with Crippen molar-refractivity contribution in [2.45, 2.75) is 32.4 Å². The Morgan fingerprint density at radius 3 is 2.76 bits per heavy atom. The summed E-state index contributed by atoms with van der Waals surface area (Å²) in [6.07, 6.45) is 0.342. The molecule has 1 fully saturated rings. The van der Waals surface area contributed by atoms with Crippen molar-refractivity contribution in [2.75, 3.05) is 5.32 Å². The number of pyridine rings is 1. The van der Waals surface area contributed by atoms with E-state index in [0.29, 0.717) is 12.2 Å². The summed E-state index contributed by atoms with van der Waals surface area (Å²) < 4.78 is 0. The number of aliphatic hydroxyl groups excluding tert-OH is 1. The number of carboxylic acids is 1. The van der Waals surface area contributed by atoms with Crippen molar-refractivity contribution in [3.63, 3.8) is 0 Å². The number of aliphatic hydroxyl groups is 1. The monoisotopic (exact) mass is 236 g/mol. The molecule has 1 aliphatic rings. The van der Waals surface area contributed by atoms with Crippen molar-refractivity contribution in [3.05, 3.63) is 23.9 Å². The minimum atomic E-state index is -1.04. The van der Waals surface area contributed by atoms with E-state index in [0.717, 1.165) is 0 Å². The van der Waals surface area contributed by atoms with Crippen LogP contribution in [0.25, 0.3) is 0 Å². The average Bonchev–Trinajstić information content (AvgIpc) is 2.29. The lowest BCUT2D eigenvalue weighted by Crippen LogP contribution is -2.57. The van der Waals surface area contributed by atoms with Gasteiger partial charge in [0, 0.05) is 11.5 Å². The number of rotatable bonds is 3. The minimum absolute atomic E-state index is 0.0210. The Labute approximate surface area is 99.5 Å². The molecule has 0 aromatic carbocycles. The molecule has 0 radical (unpaired) electrons. The Morgan fingerprint density at radius 2 is 2.24 bits per heavy atom. The van der Waals surface area contributed by atoms with Crippen LogP contribution in [0.2, 0.25) is 0 Å². The molecule has 0 amide bonds. The van der Waals surface area contributed by atoms with E-state index in [1.165, 1.54) is 6.07 Å². The van der Waals surface area contributed by atoms with Crippen LogP contribution >= 0.6 is 0 Å². The standard InChI is InChI=1S/C12H16N2O3/c1-12(2)8(6-9(12)15)14-10-5-3-4-7(13-10)11(16)17/h3-5,8-9,15H,6H2,1-2H3,(H,13,14)(H,16,17). The number of aromatic carboxylic acids is 1. The highest BCUT2D eigenvalue weighted by Gasteiger charge is 2.47. The predicted molar refractivity (Wildman–Crippen MR) is 63.0 cm³/mol. The van der Waals surface area contributed by atoms with Crippen LogP contribution in [0.3, 0.4) is 0 Å². The second kappa shape index (κ2) is 4.00. The first kappa shape index (κ1) is 11.9. The van der Waals surface area contributed by atoms with Crippen molar-refractivity contribution in [3.8, 4) is 0 Å². The van der Waals surface area contributed by atoms with Gasteiger partial charge >= 0.3 is 5.97 Å². The normalized spacial score (nSPS) is 26.1. The lowest BCUT2D eigenvalue weighted by molar-refractivity contribution is -0.0511. The predicted octanol–water partition coefficient (Wildman–Crippen LogP) is 1.35. The fourth-order valence-electron chi connectivity index (χ4n) is 1.96. The van der Waals surface area contributed by atoms with Crippen LogP contribution in [0.5, 0.6) is 0 Å². The summed E-state index contributed by atoms with van der Waals surface area (Å²) in [6.45, 7) is 3.94. The summed E-state index contributed by atoms with van der Waals surface area (Å²) in [6, 6.07) is 4.96. The van der Waals surface area contributed by atoms with Gasteiger partial charge in [-0.1, -0.05) is 19.9 Å². The third-order valence-corrected chi connectivity index (χ3v) is 3.51. The zero-order valence-electron chi connectivity index (χ0n) is 9.84. The lowest BCUT2D eigenvalue weighted by Gasteiger charge is -2.49. The number of anilines is 1. The molecule has 1 aromatic rings. The van der Waals surface area contributed by atoms with E-state index < -0.39 is 5.97 Å². The molecule has 3 N–H and O–H groups in total. The van der Waals surface area contributed by atoms with Crippen LogP contribution < -0.4 is 5.32 Å². The van der Waals surface area contributed by atoms with Crippen LogP contribution in [-0.2, 0) is 0 Å². The summed E-state index contributed by atoms with van der Waals surface area (Å²) >= 11 is 0. The molecule has 2 atom stereocenters. The summed E-state index contributed by atoms with van der Waals surface area (Å²) in [7, 11) is 0. The molecule has 92 valence electrons. The first-order valence-corrected chi connectivity index (χ1v) is 5.56. The Morgan fingerprint density at radius 1 is 1.53 bits per heavy atom. The molecule has 0 bridgehead atoms. The molecule has 1 saturated carbocycles. The molecule has 17 heavy (non-hydrogen) atoms. The van der Waals surface area contributed by atoms with Crippen molar-refractivity contribution in [1.82, 2.24) is 4.98 Å². The second-order valence-corrected chi connectivity index (χ2v) is 4.98. The fourth-order valence-corrected chi connectivity index (χ4v) is 1.96. The van der Waals surface area contributed by atoms with Crippen LogP contribution in [0.4, 0.5) is 5.82 Å². The third-order valence-electron chi connectivity index (χ3n) is 3.51. The van der Waals surface area contributed by atoms with E-state index in [1.807, 2.05) is 13.8 Å². The van der Waals surface area contributed by atoms with Crippen molar-refractivity contribution >= 4 is 11.8 Å². The minimum Gasteiger partial charge on any atom is -0.477 e. The van der Waals surface area contributed by atoms with Gasteiger partial charge in [0.15, 0.2) is 5.69 Å². The molecule has 1 aliphatic carbocycles. The topological polar surface area (TPSA) is 82.5 Å². The molecule has 0 spiro atoms. The SMILES string of the molecule is CC1(C)C(O)CC1Nc1cccc(C(=O)O)n1. The maximum Gasteiger partial charge on any atom is 0.354 e. The third kappa shape index (κ3) is 2.10. The van der Waals surface area contributed by atoms with Gasteiger partial charge in [-0.2, -0.15) is 0 Å². The van der Waals surface area contributed by atoms with Crippen LogP contribution in [0, 0.1) is 5.41 Å². The molecule has 0 saturated heterocycles. The molecular weight excluding hydrogens is 220 g/mol. The fraction of sp³-hybridized carbons (Fsp3) is 0.500. The van der Waals surface area contributed by atoms with E-state index in [4.69, 9.17) is 5.11 Å². The number of nitrogens with zero attached hydrogens (tertiary/aromatic N) is 1. The van der Waals surface area contributed by atoms with Crippen LogP contribution in [0.1, 0.15) is 30.8 Å². The Bertz CT molecular complexity index is 445. The van der Waals surface area contributed by atoms with Gasteiger partial charge in [-0.25, -0.2) is 9.78 Å². The zero-order valence-corrected chi connectivity index (χ0v) is 9.84. The van der Waals surface area contributed by atoms with Crippen molar-refractivity contribution in [2.24, 2.45) is 5.41 Å². The summed E-state index contributed by atoms with van der Waals surface area (Å²) in [5.41, 5.74) is -0.186.